The van der Waals surface area contributed by atoms with Gasteiger partial charge in [0.05, 0.1) is 10.3 Å². The highest BCUT2D eigenvalue weighted by atomic mass is 16.6. The van der Waals surface area contributed by atoms with E-state index in [1.54, 1.807) is 24.3 Å². The largest absolute Gasteiger partial charge is 0.448 e. The summed E-state index contributed by atoms with van der Waals surface area (Å²) in [6.07, 6.45) is -1.26. The summed E-state index contributed by atoms with van der Waals surface area (Å²) < 4.78 is 6.19. The molecule has 148 valence electrons. The lowest BCUT2D eigenvalue weighted by Gasteiger charge is -2.14. The summed E-state index contributed by atoms with van der Waals surface area (Å²) in [5.41, 5.74) is -0.798. The molecule has 0 saturated heterocycles. The van der Waals surface area contributed by atoms with Crippen LogP contribution in [0.1, 0.15) is 17.4 Å². The number of benzene rings is 2. The minimum Gasteiger partial charge on any atom is -0.448 e. The van der Waals surface area contributed by atoms with Crippen LogP contribution in [0.25, 0.3) is 10.8 Å². The predicted molar refractivity (Wildman–Crippen MR) is 104 cm³/mol. The molecule has 0 spiro atoms. The topological polar surface area (TPSA) is 133 Å². The van der Waals surface area contributed by atoms with Gasteiger partial charge in [-0.05, 0) is 19.1 Å². The smallest absolute Gasteiger partial charge is 0.360 e. The van der Waals surface area contributed by atoms with Crippen molar-refractivity contribution in [2.45, 2.75) is 13.0 Å². The number of nitro benzene ring substituents is 1. The Morgan fingerprint density at radius 3 is 2.45 bits per heavy atom. The number of nitrogens with one attached hydrogen (secondary N) is 1. The van der Waals surface area contributed by atoms with E-state index in [9.17, 15) is 24.5 Å². The Balaban J connectivity index is 1.82. The number of nitro groups is 1. The molecule has 0 fully saturated rings. The van der Waals surface area contributed by atoms with Crippen molar-refractivity contribution in [2.24, 2.45) is 7.05 Å². The molecule has 2 aromatic carbocycles. The van der Waals surface area contributed by atoms with E-state index < -0.39 is 22.9 Å². The lowest BCUT2D eigenvalue weighted by atomic mass is 10.1. The van der Waals surface area contributed by atoms with Gasteiger partial charge >= 0.3 is 5.97 Å². The maximum Gasteiger partial charge on any atom is 0.360 e. The SMILES string of the molecule is C[C@@H](OC(=O)c1nn(C)c(=O)c2ccccc12)C(=O)Nc1ccccc1[N+](=O)[O-]. The second kappa shape index (κ2) is 7.89. The number of anilines is 1. The molecule has 1 N–H and O–H groups in total. The fraction of sp³-hybridized carbons (Fsp3) is 0.158. The van der Waals surface area contributed by atoms with E-state index in [0.29, 0.717) is 5.39 Å². The first-order valence-corrected chi connectivity index (χ1v) is 8.51. The van der Waals surface area contributed by atoms with Crippen molar-refractivity contribution in [3.63, 3.8) is 0 Å². The van der Waals surface area contributed by atoms with Gasteiger partial charge in [0.1, 0.15) is 5.69 Å². The first-order chi connectivity index (χ1) is 13.8. The third kappa shape index (κ3) is 3.95. The van der Waals surface area contributed by atoms with Gasteiger partial charge in [-0.15, -0.1) is 0 Å². The Hall–Kier alpha value is -4.08. The van der Waals surface area contributed by atoms with E-state index in [2.05, 4.69) is 10.4 Å². The summed E-state index contributed by atoms with van der Waals surface area (Å²) in [6, 6.07) is 12.0. The van der Waals surface area contributed by atoms with Crippen LogP contribution in [0.2, 0.25) is 0 Å². The quantitative estimate of drug-likeness (QED) is 0.396. The van der Waals surface area contributed by atoms with E-state index in [-0.39, 0.29) is 28.0 Å². The Labute approximate surface area is 163 Å². The zero-order valence-electron chi connectivity index (χ0n) is 15.5. The average Bonchev–Trinajstić information content (AvgIpc) is 2.70. The molecule has 3 rings (SSSR count). The summed E-state index contributed by atoms with van der Waals surface area (Å²) in [4.78, 5) is 47.5. The number of para-hydroxylation sites is 2. The fourth-order valence-corrected chi connectivity index (χ4v) is 2.69. The number of amides is 1. The number of rotatable bonds is 5. The van der Waals surface area contributed by atoms with Gasteiger partial charge in [0, 0.05) is 18.5 Å². The number of aromatic nitrogens is 2. The molecule has 0 aliphatic heterocycles. The average molecular weight is 396 g/mol. The number of carbonyl (C=O) groups is 2. The lowest BCUT2D eigenvalue weighted by Crippen LogP contribution is -2.31. The van der Waals surface area contributed by atoms with Crippen molar-refractivity contribution in [1.29, 1.82) is 0 Å². The predicted octanol–water partition coefficient (Wildman–Crippen LogP) is 2.03. The molecular formula is C19H16N4O6. The number of aryl methyl sites for hydroxylation is 1. The molecule has 10 heteroatoms. The second-order valence-corrected chi connectivity index (χ2v) is 6.13. The molecule has 0 radical (unpaired) electrons. The summed E-state index contributed by atoms with van der Waals surface area (Å²) in [5, 5.41) is 18.0. The molecule has 0 unspecified atom stereocenters. The summed E-state index contributed by atoms with van der Waals surface area (Å²) >= 11 is 0. The third-order valence-electron chi connectivity index (χ3n) is 4.16. The minimum atomic E-state index is -1.26. The van der Waals surface area contributed by atoms with Gasteiger partial charge in [-0.25, -0.2) is 9.48 Å². The molecule has 29 heavy (non-hydrogen) atoms. The molecule has 0 aliphatic rings. The number of ether oxygens (including phenoxy) is 1. The van der Waals surface area contributed by atoms with Crippen LogP contribution in [0.3, 0.4) is 0 Å². The van der Waals surface area contributed by atoms with Crippen LogP contribution in [-0.2, 0) is 16.6 Å². The molecule has 10 nitrogen and oxygen atoms in total. The Morgan fingerprint density at radius 2 is 1.76 bits per heavy atom. The highest BCUT2D eigenvalue weighted by Gasteiger charge is 2.24. The molecule has 0 bridgehead atoms. The van der Waals surface area contributed by atoms with Crippen molar-refractivity contribution in [3.8, 4) is 0 Å². The number of esters is 1. The van der Waals surface area contributed by atoms with Crippen LogP contribution in [-0.4, -0.2) is 32.7 Å². The molecule has 1 aromatic heterocycles. The van der Waals surface area contributed by atoms with Gasteiger partial charge < -0.3 is 10.1 Å². The summed E-state index contributed by atoms with van der Waals surface area (Å²) in [6.45, 7) is 1.33. The molecule has 0 aliphatic carbocycles. The van der Waals surface area contributed by atoms with Crippen LogP contribution in [0.5, 0.6) is 0 Å². The van der Waals surface area contributed by atoms with Gasteiger partial charge in [0.2, 0.25) is 0 Å². The maximum atomic E-state index is 12.6. The van der Waals surface area contributed by atoms with E-state index in [1.807, 2.05) is 0 Å². The Kier molecular flexibility index (Phi) is 5.35. The van der Waals surface area contributed by atoms with Crippen molar-refractivity contribution in [1.82, 2.24) is 9.78 Å². The molecular weight excluding hydrogens is 380 g/mol. The number of hydrogen-bond acceptors (Lipinski definition) is 7. The van der Waals surface area contributed by atoms with E-state index in [1.165, 1.54) is 38.2 Å². The molecule has 1 heterocycles. The monoisotopic (exact) mass is 396 g/mol. The van der Waals surface area contributed by atoms with E-state index >= 15 is 0 Å². The van der Waals surface area contributed by atoms with Crippen LogP contribution in [0.15, 0.2) is 53.3 Å². The van der Waals surface area contributed by atoms with Crippen LogP contribution in [0, 0.1) is 10.1 Å². The normalized spacial score (nSPS) is 11.7. The lowest BCUT2D eigenvalue weighted by molar-refractivity contribution is -0.383. The highest BCUT2D eigenvalue weighted by Crippen LogP contribution is 2.23. The van der Waals surface area contributed by atoms with Gasteiger partial charge in [0.25, 0.3) is 17.2 Å². The van der Waals surface area contributed by atoms with E-state index in [4.69, 9.17) is 4.74 Å². The van der Waals surface area contributed by atoms with Gasteiger partial charge in [-0.1, -0.05) is 30.3 Å². The van der Waals surface area contributed by atoms with Crippen molar-refractivity contribution in [3.05, 3.63) is 74.7 Å². The molecule has 1 atom stereocenters. The Morgan fingerprint density at radius 1 is 1.14 bits per heavy atom. The van der Waals surface area contributed by atoms with Crippen LogP contribution < -0.4 is 10.9 Å². The van der Waals surface area contributed by atoms with Gasteiger partial charge in [-0.3, -0.25) is 19.7 Å². The third-order valence-corrected chi connectivity index (χ3v) is 4.16. The number of hydrogen-bond donors (Lipinski definition) is 1. The standard InChI is InChI=1S/C19H16N4O6/c1-11(17(24)20-14-9-5-6-10-15(14)23(27)28)29-19(26)16-12-7-3-4-8-13(12)18(25)22(2)21-16/h3-11H,1-2H3,(H,20,24)/t11-/m1/s1. The number of fused-ring (bicyclic) bond motifs is 1. The van der Waals surface area contributed by atoms with Crippen LogP contribution >= 0.6 is 0 Å². The molecule has 3 aromatic rings. The summed E-state index contributed by atoms with van der Waals surface area (Å²) in [5.74, 6) is -1.65. The second-order valence-electron chi connectivity index (χ2n) is 6.13. The minimum absolute atomic E-state index is 0.0175. The van der Waals surface area contributed by atoms with Crippen molar-refractivity contribution >= 4 is 34.0 Å². The Bertz CT molecular complexity index is 1190. The van der Waals surface area contributed by atoms with Crippen LogP contribution in [0.4, 0.5) is 11.4 Å². The number of carbonyl (C=O) groups excluding carboxylic acids is 2. The zero-order chi connectivity index (χ0) is 21.1. The fourth-order valence-electron chi connectivity index (χ4n) is 2.69. The number of nitrogens with zero attached hydrogens (tertiary/aromatic N) is 3. The zero-order valence-corrected chi connectivity index (χ0v) is 15.5. The maximum absolute atomic E-state index is 12.6. The highest BCUT2D eigenvalue weighted by molar-refractivity contribution is 6.04. The molecule has 0 saturated carbocycles. The first-order valence-electron chi connectivity index (χ1n) is 8.51. The van der Waals surface area contributed by atoms with Crippen molar-refractivity contribution in [2.75, 3.05) is 5.32 Å². The van der Waals surface area contributed by atoms with Crippen molar-refractivity contribution < 1.29 is 19.2 Å². The van der Waals surface area contributed by atoms with Gasteiger partial charge in [-0.2, -0.15) is 5.10 Å². The first kappa shape index (κ1) is 19.7. The van der Waals surface area contributed by atoms with E-state index in [0.717, 1.165) is 4.68 Å². The summed E-state index contributed by atoms with van der Waals surface area (Å²) in [7, 11) is 1.40. The molecule has 1 amide bonds. The van der Waals surface area contributed by atoms with Gasteiger partial charge in [0.15, 0.2) is 11.8 Å².